The molecule has 0 spiro atoms. The zero-order valence-electron chi connectivity index (χ0n) is 25.5. The Morgan fingerprint density at radius 3 is 2.49 bits per heavy atom. The number of aromatic amines is 1. The first-order valence-electron chi connectivity index (χ1n) is 14.7. The summed E-state index contributed by atoms with van der Waals surface area (Å²) in [6.45, 7) is 1.69. The third-order valence-electron chi connectivity index (χ3n) is 8.77. The Hall–Kier alpha value is -4.92. The molecule has 1 aliphatic carbocycles. The van der Waals surface area contributed by atoms with Crippen molar-refractivity contribution in [1.29, 1.82) is 0 Å². The van der Waals surface area contributed by atoms with E-state index in [0.29, 0.717) is 33.3 Å². The number of hydrogen-bond donors (Lipinski definition) is 2. The molecule has 1 saturated heterocycles. The number of likely N-dealkylation sites (tertiary alicyclic amines) is 1. The van der Waals surface area contributed by atoms with Crippen molar-refractivity contribution in [2.45, 2.75) is 24.8 Å². The van der Waals surface area contributed by atoms with Gasteiger partial charge in [-0.25, -0.2) is 19.6 Å². The van der Waals surface area contributed by atoms with E-state index in [4.69, 9.17) is 32.9 Å². The number of nitrogens with one attached hydrogen (secondary N) is 2. The molecule has 3 aromatic heterocycles. The summed E-state index contributed by atoms with van der Waals surface area (Å²) in [6, 6.07) is 12.9. The highest BCUT2D eigenvalue weighted by Crippen LogP contribution is 2.47. The van der Waals surface area contributed by atoms with Gasteiger partial charge in [0.25, 0.3) is 11.5 Å². The van der Waals surface area contributed by atoms with Crippen LogP contribution in [0.4, 0.5) is 5.69 Å². The van der Waals surface area contributed by atoms with Gasteiger partial charge in [0.05, 0.1) is 28.5 Å². The summed E-state index contributed by atoms with van der Waals surface area (Å²) < 4.78 is 7.56. The van der Waals surface area contributed by atoms with E-state index in [1.165, 1.54) is 14.1 Å². The first-order chi connectivity index (χ1) is 22.7. The summed E-state index contributed by atoms with van der Waals surface area (Å²) in [7, 11) is 4.25. The number of H-pyrrole nitrogens is 1. The highest BCUT2D eigenvalue weighted by Gasteiger charge is 2.40. The van der Waals surface area contributed by atoms with Crippen molar-refractivity contribution in [3.05, 3.63) is 96.0 Å². The van der Waals surface area contributed by atoms with E-state index in [1.54, 1.807) is 25.3 Å². The van der Waals surface area contributed by atoms with Crippen LogP contribution in [0.1, 0.15) is 45.8 Å². The minimum absolute atomic E-state index is 0.184. The van der Waals surface area contributed by atoms with E-state index in [1.807, 2.05) is 18.2 Å². The van der Waals surface area contributed by atoms with Crippen LogP contribution in [0.3, 0.4) is 0 Å². The molecule has 4 heterocycles. The van der Waals surface area contributed by atoms with Gasteiger partial charge < -0.3 is 10.1 Å². The molecular weight excluding hydrogens is 647 g/mol. The minimum Gasteiger partial charge on any atom is -0.481 e. The fourth-order valence-electron chi connectivity index (χ4n) is 6.32. The smallest absolute Gasteiger partial charge is 0.346 e. The van der Waals surface area contributed by atoms with E-state index < -0.39 is 22.9 Å². The molecule has 16 heteroatoms. The lowest BCUT2D eigenvalue weighted by Gasteiger charge is -2.42. The van der Waals surface area contributed by atoms with Crippen LogP contribution in [-0.4, -0.2) is 71.0 Å². The fourth-order valence-corrected chi connectivity index (χ4v) is 6.92. The summed E-state index contributed by atoms with van der Waals surface area (Å²) >= 11 is 13.9. The Bertz CT molecular complexity index is 2160. The van der Waals surface area contributed by atoms with Gasteiger partial charge in [-0.2, -0.15) is 5.10 Å². The molecule has 0 radical (unpaired) electrons. The van der Waals surface area contributed by atoms with Crippen molar-refractivity contribution in [3.8, 4) is 28.3 Å². The number of aromatic nitrogens is 8. The number of aryl methyl sites for hydroxylation is 2. The number of pyridine rings is 1. The molecule has 0 bridgehead atoms. The SMILES string of the molecule is COc1nc(-c2cccc(-c3cccc(NC(=O)c4nn(C)c(=O)n(C)c4=O)c3Cl)c2Cl)cc2c1C(N1CC(c3nnn[nH]3)C1)CC2. The zero-order valence-corrected chi connectivity index (χ0v) is 27.0. The van der Waals surface area contributed by atoms with Gasteiger partial charge in [0.15, 0.2) is 5.82 Å². The van der Waals surface area contributed by atoms with Gasteiger partial charge in [0.1, 0.15) is 0 Å². The molecule has 2 N–H and O–H groups in total. The number of tetrazole rings is 1. The lowest BCUT2D eigenvalue weighted by Crippen LogP contribution is -2.46. The number of benzene rings is 2. The van der Waals surface area contributed by atoms with Gasteiger partial charge in [-0.1, -0.05) is 53.5 Å². The van der Waals surface area contributed by atoms with Crippen molar-refractivity contribution < 1.29 is 9.53 Å². The number of hydrogen-bond acceptors (Lipinski definition) is 10. The van der Waals surface area contributed by atoms with Crippen LogP contribution < -0.4 is 21.3 Å². The van der Waals surface area contributed by atoms with Gasteiger partial charge in [0, 0.05) is 61.4 Å². The van der Waals surface area contributed by atoms with E-state index in [2.05, 4.69) is 42.0 Å². The van der Waals surface area contributed by atoms with Gasteiger partial charge >= 0.3 is 5.69 Å². The quantitative estimate of drug-likeness (QED) is 0.261. The van der Waals surface area contributed by atoms with Crippen molar-refractivity contribution >= 4 is 34.8 Å². The molecule has 0 saturated carbocycles. The number of fused-ring (bicyclic) bond motifs is 1. The van der Waals surface area contributed by atoms with E-state index in [-0.39, 0.29) is 22.7 Å². The summed E-state index contributed by atoms with van der Waals surface area (Å²) in [5.74, 6) is 0.823. The molecule has 5 aromatic rings. The fraction of sp³-hybridized carbons (Fsp3) is 0.290. The van der Waals surface area contributed by atoms with Gasteiger partial charge in [-0.15, -0.1) is 5.10 Å². The maximum Gasteiger partial charge on any atom is 0.346 e. The first-order valence-corrected chi connectivity index (χ1v) is 15.5. The predicted molar refractivity (Wildman–Crippen MR) is 174 cm³/mol. The molecule has 7 rings (SSSR count). The summed E-state index contributed by atoms with van der Waals surface area (Å²) in [5, 5.41) is 21.4. The van der Waals surface area contributed by atoms with Gasteiger partial charge in [-0.05, 0) is 41.0 Å². The maximum atomic E-state index is 13.0. The average Bonchev–Trinajstić information content (AvgIpc) is 3.73. The molecule has 1 atom stereocenters. The Balaban J connectivity index is 1.18. The van der Waals surface area contributed by atoms with Crippen LogP contribution in [0.5, 0.6) is 5.88 Å². The normalized spacial score (nSPS) is 16.1. The Morgan fingerprint density at radius 1 is 1.04 bits per heavy atom. The number of halogens is 2. The number of carbonyl (C=O) groups is 1. The van der Waals surface area contributed by atoms with Crippen molar-refractivity contribution in [3.63, 3.8) is 0 Å². The molecule has 1 unspecified atom stereocenters. The Labute approximate surface area is 277 Å². The minimum atomic E-state index is -0.824. The average molecular weight is 676 g/mol. The van der Waals surface area contributed by atoms with Crippen molar-refractivity contribution in [1.82, 2.24) is 44.9 Å². The molecule has 2 aromatic carbocycles. The van der Waals surface area contributed by atoms with Gasteiger partial charge in [-0.3, -0.25) is 19.1 Å². The van der Waals surface area contributed by atoms with Crippen LogP contribution in [-0.2, 0) is 20.5 Å². The monoisotopic (exact) mass is 674 g/mol. The Kier molecular flexibility index (Phi) is 7.86. The molecule has 2 aliphatic rings. The number of rotatable bonds is 7. The van der Waals surface area contributed by atoms with Crippen molar-refractivity contribution in [2.75, 3.05) is 25.5 Å². The third kappa shape index (κ3) is 5.27. The highest BCUT2D eigenvalue weighted by atomic mass is 35.5. The zero-order chi connectivity index (χ0) is 33.0. The Morgan fingerprint density at radius 2 is 1.77 bits per heavy atom. The molecule has 47 heavy (non-hydrogen) atoms. The van der Waals surface area contributed by atoms with Gasteiger partial charge in [0.2, 0.25) is 11.6 Å². The third-order valence-corrected chi connectivity index (χ3v) is 9.58. The van der Waals surface area contributed by atoms with E-state index in [0.717, 1.165) is 52.1 Å². The lowest BCUT2D eigenvalue weighted by atomic mass is 9.94. The molecule has 240 valence electrons. The summed E-state index contributed by atoms with van der Waals surface area (Å²) in [5.41, 5.74) is 3.10. The molecular formula is C31H28Cl2N10O4. The molecule has 1 amide bonds. The first kappa shape index (κ1) is 30.7. The number of amides is 1. The van der Waals surface area contributed by atoms with Crippen LogP contribution >= 0.6 is 23.2 Å². The molecule has 1 aliphatic heterocycles. The second-order valence-electron chi connectivity index (χ2n) is 11.5. The summed E-state index contributed by atoms with van der Waals surface area (Å²) in [4.78, 5) is 44.9. The largest absolute Gasteiger partial charge is 0.481 e. The highest BCUT2D eigenvalue weighted by molar-refractivity contribution is 6.39. The van der Waals surface area contributed by atoms with E-state index in [9.17, 15) is 14.4 Å². The second kappa shape index (κ2) is 12.0. The van der Waals surface area contributed by atoms with Crippen LogP contribution in [0, 0.1) is 0 Å². The van der Waals surface area contributed by atoms with Crippen LogP contribution in [0.2, 0.25) is 10.0 Å². The number of nitrogens with zero attached hydrogens (tertiary/aromatic N) is 8. The van der Waals surface area contributed by atoms with E-state index >= 15 is 0 Å². The maximum absolute atomic E-state index is 13.0. The topological polar surface area (TPSA) is 166 Å². The number of anilines is 1. The van der Waals surface area contributed by atoms with Crippen molar-refractivity contribution in [2.24, 2.45) is 14.1 Å². The number of ether oxygens (including phenoxy) is 1. The number of carbonyl (C=O) groups excluding carboxylic acids is 1. The standard InChI is InChI=1S/C31H28Cl2N10O4/c1-41-30(45)26(38-42(2)31(41)46)28(44)34-20-9-5-7-18(25(20)33)17-6-4-8-19(24(17)32)21-12-15-10-11-22(23(15)29(35-21)47-3)43-13-16(14-43)27-36-39-40-37-27/h4-9,12,16,22H,10-11,13-14H2,1-3H3,(H,34,44)(H,36,37,39,40). The van der Waals surface area contributed by atoms with Crippen LogP contribution in [0.25, 0.3) is 22.4 Å². The van der Waals surface area contributed by atoms with Crippen LogP contribution in [0.15, 0.2) is 52.1 Å². The number of methoxy groups -OCH3 is 1. The predicted octanol–water partition coefficient (Wildman–Crippen LogP) is 3.38. The molecule has 14 nitrogen and oxygen atoms in total. The lowest BCUT2D eigenvalue weighted by molar-refractivity contribution is 0.0860. The second-order valence-corrected chi connectivity index (χ2v) is 12.2. The summed E-state index contributed by atoms with van der Waals surface area (Å²) in [6.07, 6.45) is 1.82. The molecule has 1 fully saturated rings.